The number of nitrogens with zero attached hydrogens (tertiary/aromatic N) is 3. The molecule has 118 valence electrons. The quantitative estimate of drug-likeness (QED) is 0.665. The van der Waals surface area contributed by atoms with E-state index in [4.69, 9.17) is 0 Å². The minimum Gasteiger partial charge on any atom is -0.352 e. The van der Waals surface area contributed by atoms with Gasteiger partial charge in [0.25, 0.3) is 0 Å². The maximum absolute atomic E-state index is 13.2. The van der Waals surface area contributed by atoms with Crippen LogP contribution >= 0.6 is 15.9 Å². The van der Waals surface area contributed by atoms with Gasteiger partial charge >= 0.3 is 0 Å². The Balaban J connectivity index is 1.97. The summed E-state index contributed by atoms with van der Waals surface area (Å²) in [6.07, 6.45) is 2.02. The number of aromatic nitrogens is 1. The molecule has 0 spiro atoms. The second-order valence-electron chi connectivity index (χ2n) is 5.15. The summed E-state index contributed by atoms with van der Waals surface area (Å²) in [5.41, 5.74) is 2.05. The van der Waals surface area contributed by atoms with Crippen LogP contribution < -0.4 is 5.32 Å². The highest BCUT2D eigenvalue weighted by Crippen LogP contribution is 2.15. The number of aryl methyl sites for hydroxylation is 1. The van der Waals surface area contributed by atoms with Gasteiger partial charge in [-0.25, -0.2) is 4.39 Å². The molecule has 0 fully saturated rings. The first-order chi connectivity index (χ1) is 10.5. The van der Waals surface area contributed by atoms with E-state index in [2.05, 4.69) is 36.9 Å². The van der Waals surface area contributed by atoms with Crippen LogP contribution in [0.3, 0.4) is 0 Å². The number of aliphatic imine (C=N–C) groups is 1. The molecular weight excluding hydrogens is 347 g/mol. The molecule has 0 unspecified atom stereocenters. The molecule has 0 saturated heterocycles. The van der Waals surface area contributed by atoms with Gasteiger partial charge in [-0.05, 0) is 39.7 Å². The van der Waals surface area contributed by atoms with Gasteiger partial charge in [-0.15, -0.1) is 0 Å². The first-order valence-electron chi connectivity index (χ1n) is 6.96. The summed E-state index contributed by atoms with van der Waals surface area (Å²) in [7, 11) is 5.73. The van der Waals surface area contributed by atoms with Gasteiger partial charge in [-0.1, -0.05) is 12.1 Å². The molecular formula is C16H20BrFN4. The third kappa shape index (κ3) is 4.34. The zero-order chi connectivity index (χ0) is 16.1. The molecule has 0 aliphatic carbocycles. The maximum atomic E-state index is 13.2. The average molecular weight is 367 g/mol. The molecule has 1 heterocycles. The van der Waals surface area contributed by atoms with Gasteiger partial charge in [0.2, 0.25) is 0 Å². The van der Waals surface area contributed by atoms with E-state index in [0.29, 0.717) is 6.54 Å². The van der Waals surface area contributed by atoms with Crippen LogP contribution in [0.1, 0.15) is 11.3 Å². The summed E-state index contributed by atoms with van der Waals surface area (Å²) in [5, 5.41) is 3.25. The number of guanidine groups is 1. The molecule has 2 aromatic rings. The second kappa shape index (κ2) is 7.45. The molecule has 2 rings (SSSR count). The van der Waals surface area contributed by atoms with Gasteiger partial charge in [0, 0.05) is 44.1 Å². The lowest BCUT2D eigenvalue weighted by molar-refractivity contribution is 0.461. The molecule has 4 nitrogen and oxygen atoms in total. The summed E-state index contributed by atoms with van der Waals surface area (Å²) >= 11 is 3.47. The zero-order valence-electron chi connectivity index (χ0n) is 13.0. The van der Waals surface area contributed by atoms with Crippen molar-refractivity contribution in [1.29, 1.82) is 0 Å². The van der Waals surface area contributed by atoms with Crippen molar-refractivity contribution in [2.75, 3.05) is 14.1 Å². The van der Waals surface area contributed by atoms with E-state index in [-0.39, 0.29) is 5.82 Å². The third-order valence-electron chi connectivity index (χ3n) is 3.39. The lowest BCUT2D eigenvalue weighted by Gasteiger charge is -2.22. The van der Waals surface area contributed by atoms with Gasteiger partial charge in [0.15, 0.2) is 5.96 Å². The molecule has 1 aromatic carbocycles. The van der Waals surface area contributed by atoms with Gasteiger partial charge in [0.05, 0.1) is 6.54 Å². The molecule has 0 radical (unpaired) electrons. The summed E-state index contributed by atoms with van der Waals surface area (Å²) in [4.78, 5) is 6.30. The van der Waals surface area contributed by atoms with Crippen LogP contribution in [0.5, 0.6) is 0 Å². The number of nitrogens with one attached hydrogen (secondary N) is 1. The predicted molar refractivity (Wildman–Crippen MR) is 91.2 cm³/mol. The van der Waals surface area contributed by atoms with E-state index in [0.717, 1.165) is 22.5 Å². The normalized spacial score (nSPS) is 11.6. The van der Waals surface area contributed by atoms with Crippen LogP contribution in [-0.4, -0.2) is 29.5 Å². The molecule has 0 aliphatic heterocycles. The predicted octanol–water partition coefficient (Wildman–Crippen LogP) is 3.13. The Kier molecular flexibility index (Phi) is 5.60. The van der Waals surface area contributed by atoms with Gasteiger partial charge in [-0.2, -0.15) is 0 Å². The number of rotatable bonds is 4. The van der Waals surface area contributed by atoms with Crippen LogP contribution in [0.4, 0.5) is 4.39 Å². The van der Waals surface area contributed by atoms with Crippen LogP contribution in [0.15, 0.2) is 46.0 Å². The first kappa shape index (κ1) is 16.5. The molecule has 0 atom stereocenters. The molecule has 1 aromatic heterocycles. The Morgan fingerprint density at radius 2 is 2.18 bits per heavy atom. The Hall–Kier alpha value is -1.82. The highest BCUT2D eigenvalue weighted by atomic mass is 79.9. The molecule has 6 heteroatoms. The van der Waals surface area contributed by atoms with Gasteiger partial charge in [0.1, 0.15) is 5.82 Å². The van der Waals surface area contributed by atoms with Gasteiger partial charge in [-0.3, -0.25) is 4.99 Å². The maximum Gasteiger partial charge on any atom is 0.194 e. The van der Waals surface area contributed by atoms with Gasteiger partial charge < -0.3 is 14.8 Å². The monoisotopic (exact) mass is 366 g/mol. The number of halogens is 2. The van der Waals surface area contributed by atoms with Crippen molar-refractivity contribution in [2.45, 2.75) is 13.1 Å². The number of benzene rings is 1. The van der Waals surface area contributed by atoms with Crippen molar-refractivity contribution in [3.8, 4) is 0 Å². The molecule has 0 amide bonds. The van der Waals surface area contributed by atoms with E-state index in [1.807, 2.05) is 31.3 Å². The summed E-state index contributed by atoms with van der Waals surface area (Å²) in [5.74, 6) is 0.540. The van der Waals surface area contributed by atoms with E-state index in [9.17, 15) is 4.39 Å². The van der Waals surface area contributed by atoms with E-state index < -0.39 is 0 Å². The fourth-order valence-corrected chi connectivity index (χ4v) is 2.83. The SMILES string of the molecule is CN=C(NCc1cccc(F)c1)N(C)Cc1cc(Br)cn1C. The Labute approximate surface area is 138 Å². The Morgan fingerprint density at radius 1 is 1.41 bits per heavy atom. The highest BCUT2D eigenvalue weighted by molar-refractivity contribution is 9.10. The molecule has 0 bridgehead atoms. The van der Waals surface area contributed by atoms with Crippen molar-refractivity contribution >= 4 is 21.9 Å². The molecule has 22 heavy (non-hydrogen) atoms. The lowest BCUT2D eigenvalue weighted by atomic mass is 10.2. The fourth-order valence-electron chi connectivity index (χ4n) is 2.25. The van der Waals surface area contributed by atoms with Crippen molar-refractivity contribution in [3.63, 3.8) is 0 Å². The summed E-state index contributed by atoms with van der Waals surface area (Å²) in [6.45, 7) is 1.26. The minimum atomic E-state index is -0.226. The Bertz CT molecular complexity index is 666. The summed E-state index contributed by atoms with van der Waals surface area (Å²) < 4.78 is 16.3. The largest absolute Gasteiger partial charge is 0.352 e. The fraction of sp³-hybridized carbons (Fsp3) is 0.312. The minimum absolute atomic E-state index is 0.226. The number of hydrogen-bond donors (Lipinski definition) is 1. The standard InChI is InChI=1S/C16H20BrFN4/c1-19-16(20-9-12-5-4-6-14(18)7-12)22(3)11-15-8-13(17)10-21(15)2/h4-8,10H,9,11H2,1-3H3,(H,19,20). The first-order valence-corrected chi connectivity index (χ1v) is 7.76. The van der Waals surface area contributed by atoms with Crippen LogP contribution in [0.2, 0.25) is 0 Å². The average Bonchev–Trinajstić information content (AvgIpc) is 2.77. The van der Waals surface area contributed by atoms with E-state index >= 15 is 0 Å². The van der Waals surface area contributed by atoms with Crippen LogP contribution in [-0.2, 0) is 20.1 Å². The van der Waals surface area contributed by atoms with Crippen molar-refractivity contribution in [2.24, 2.45) is 12.0 Å². The van der Waals surface area contributed by atoms with Crippen LogP contribution in [0.25, 0.3) is 0 Å². The second-order valence-corrected chi connectivity index (χ2v) is 6.06. The Morgan fingerprint density at radius 3 is 2.77 bits per heavy atom. The molecule has 1 N–H and O–H groups in total. The highest BCUT2D eigenvalue weighted by Gasteiger charge is 2.09. The lowest BCUT2D eigenvalue weighted by Crippen LogP contribution is -2.38. The van der Waals surface area contributed by atoms with E-state index in [1.165, 1.54) is 17.8 Å². The van der Waals surface area contributed by atoms with Crippen molar-refractivity contribution in [1.82, 2.24) is 14.8 Å². The zero-order valence-corrected chi connectivity index (χ0v) is 14.6. The summed E-state index contributed by atoms with van der Waals surface area (Å²) in [6, 6.07) is 8.64. The third-order valence-corrected chi connectivity index (χ3v) is 3.82. The van der Waals surface area contributed by atoms with Crippen molar-refractivity contribution < 1.29 is 4.39 Å². The molecule has 0 aliphatic rings. The molecule has 0 saturated carbocycles. The topological polar surface area (TPSA) is 32.6 Å². The van der Waals surface area contributed by atoms with E-state index in [1.54, 1.807) is 13.1 Å². The number of hydrogen-bond acceptors (Lipinski definition) is 1. The van der Waals surface area contributed by atoms with Crippen LogP contribution in [0, 0.1) is 5.82 Å². The van der Waals surface area contributed by atoms with Crippen molar-refractivity contribution in [3.05, 3.63) is 58.1 Å². The smallest absolute Gasteiger partial charge is 0.194 e.